The van der Waals surface area contributed by atoms with Gasteiger partial charge in [-0.2, -0.15) is 0 Å². The molecule has 1 aliphatic rings. The van der Waals surface area contributed by atoms with E-state index in [2.05, 4.69) is 5.43 Å². The normalized spacial score (nSPS) is 13.9. The fraction of sp³-hybridized carbons (Fsp3) is 0.533. The van der Waals surface area contributed by atoms with Gasteiger partial charge in [0.1, 0.15) is 0 Å². The molecule has 1 heterocycles. The molecule has 0 unspecified atom stereocenters. The number of amides is 1. The molecule has 1 aromatic carbocycles. The highest BCUT2D eigenvalue weighted by molar-refractivity contribution is 5.75. The van der Waals surface area contributed by atoms with Crippen molar-refractivity contribution in [1.29, 1.82) is 0 Å². The lowest BCUT2D eigenvalue weighted by Gasteiger charge is -2.15. The van der Waals surface area contributed by atoms with Crippen molar-refractivity contribution in [3.05, 3.63) is 23.8 Å². The van der Waals surface area contributed by atoms with Gasteiger partial charge in [0.2, 0.25) is 5.91 Å². The second kappa shape index (κ2) is 7.14. The molecule has 110 valence electrons. The summed E-state index contributed by atoms with van der Waals surface area (Å²) in [5.74, 6) is 1.61. The Morgan fingerprint density at radius 2 is 2.05 bits per heavy atom. The molecule has 1 aromatic rings. The lowest BCUT2D eigenvalue weighted by atomic mass is 10.1. The Hall–Kier alpha value is -1.75. The fourth-order valence-corrected chi connectivity index (χ4v) is 1.97. The van der Waals surface area contributed by atoms with Crippen molar-refractivity contribution < 1.29 is 14.3 Å². The van der Waals surface area contributed by atoms with Crippen molar-refractivity contribution in [2.24, 2.45) is 0 Å². The van der Waals surface area contributed by atoms with E-state index in [1.165, 1.54) is 0 Å². The predicted octanol–water partition coefficient (Wildman–Crippen LogP) is 1.76. The number of fused-ring (bicyclic) bond motifs is 1. The maximum atomic E-state index is 11.7. The molecule has 0 atom stereocenters. The van der Waals surface area contributed by atoms with Crippen molar-refractivity contribution in [2.45, 2.75) is 26.2 Å². The van der Waals surface area contributed by atoms with Crippen LogP contribution in [0.4, 0.5) is 0 Å². The number of hydrazine groups is 1. The Balaban J connectivity index is 1.90. The number of ether oxygens (including phenoxy) is 2. The molecule has 2 rings (SSSR count). The topological polar surface area (TPSA) is 50.8 Å². The first kappa shape index (κ1) is 14.7. The molecule has 0 saturated carbocycles. The Kier molecular flexibility index (Phi) is 5.24. The average Bonchev–Trinajstić information content (AvgIpc) is 2.69. The van der Waals surface area contributed by atoms with Crippen LogP contribution in [0.2, 0.25) is 0 Å². The average molecular weight is 278 g/mol. The van der Waals surface area contributed by atoms with E-state index in [1.807, 2.05) is 32.2 Å². The maximum absolute atomic E-state index is 11.7. The minimum Gasteiger partial charge on any atom is -0.490 e. The van der Waals surface area contributed by atoms with Crippen molar-refractivity contribution in [3.63, 3.8) is 0 Å². The molecule has 20 heavy (non-hydrogen) atoms. The Labute approximate surface area is 119 Å². The van der Waals surface area contributed by atoms with E-state index in [9.17, 15) is 4.79 Å². The molecule has 0 fully saturated rings. The van der Waals surface area contributed by atoms with E-state index in [0.717, 1.165) is 30.0 Å². The highest BCUT2D eigenvalue weighted by Crippen LogP contribution is 2.30. The molecular formula is C15H22N2O3. The minimum atomic E-state index is 0.0291. The van der Waals surface area contributed by atoms with Gasteiger partial charge in [0, 0.05) is 26.4 Å². The van der Waals surface area contributed by atoms with E-state index in [4.69, 9.17) is 9.47 Å². The predicted molar refractivity (Wildman–Crippen MR) is 76.8 cm³/mol. The highest BCUT2D eigenvalue weighted by atomic mass is 16.5. The van der Waals surface area contributed by atoms with Crippen LogP contribution in [0.1, 0.15) is 25.3 Å². The SMILES string of the molecule is CCN(C)NC(=O)CCc1ccc2c(c1)OCCCO2. The van der Waals surface area contributed by atoms with Crippen LogP contribution in [0.5, 0.6) is 11.5 Å². The molecule has 0 radical (unpaired) electrons. The van der Waals surface area contributed by atoms with Crippen LogP contribution >= 0.6 is 0 Å². The minimum absolute atomic E-state index is 0.0291. The third-order valence-electron chi connectivity index (χ3n) is 3.24. The molecule has 1 aliphatic heterocycles. The Morgan fingerprint density at radius 3 is 2.80 bits per heavy atom. The van der Waals surface area contributed by atoms with E-state index in [0.29, 0.717) is 26.1 Å². The third-order valence-corrected chi connectivity index (χ3v) is 3.24. The zero-order valence-electron chi connectivity index (χ0n) is 12.1. The van der Waals surface area contributed by atoms with E-state index < -0.39 is 0 Å². The number of aryl methyl sites for hydroxylation is 1. The van der Waals surface area contributed by atoms with Crippen LogP contribution in [0, 0.1) is 0 Å². The monoisotopic (exact) mass is 278 g/mol. The summed E-state index contributed by atoms with van der Waals surface area (Å²) in [6, 6.07) is 5.88. The smallest absolute Gasteiger partial charge is 0.234 e. The summed E-state index contributed by atoms with van der Waals surface area (Å²) >= 11 is 0. The number of nitrogens with zero attached hydrogens (tertiary/aromatic N) is 1. The van der Waals surface area contributed by atoms with Crippen molar-refractivity contribution in [2.75, 3.05) is 26.8 Å². The lowest BCUT2D eigenvalue weighted by Crippen LogP contribution is -2.39. The van der Waals surface area contributed by atoms with Crippen LogP contribution in [0.3, 0.4) is 0 Å². The summed E-state index contributed by atoms with van der Waals surface area (Å²) in [5, 5.41) is 1.77. The van der Waals surface area contributed by atoms with Crippen LogP contribution in [-0.4, -0.2) is 37.7 Å². The van der Waals surface area contributed by atoms with Gasteiger partial charge in [-0.15, -0.1) is 0 Å². The van der Waals surface area contributed by atoms with Gasteiger partial charge in [-0.3, -0.25) is 10.2 Å². The van der Waals surface area contributed by atoms with Gasteiger partial charge >= 0.3 is 0 Å². The van der Waals surface area contributed by atoms with Crippen LogP contribution in [0.15, 0.2) is 18.2 Å². The van der Waals surface area contributed by atoms with Gasteiger partial charge in [0.15, 0.2) is 11.5 Å². The molecule has 1 amide bonds. The van der Waals surface area contributed by atoms with E-state index >= 15 is 0 Å². The zero-order valence-corrected chi connectivity index (χ0v) is 12.1. The summed E-state index contributed by atoms with van der Waals surface area (Å²) in [4.78, 5) is 11.7. The number of carbonyl (C=O) groups excluding carboxylic acids is 1. The van der Waals surface area contributed by atoms with Crippen molar-refractivity contribution in [3.8, 4) is 11.5 Å². The van der Waals surface area contributed by atoms with Crippen molar-refractivity contribution >= 4 is 5.91 Å². The first-order valence-corrected chi connectivity index (χ1v) is 7.08. The Bertz CT molecular complexity index is 462. The molecule has 0 spiro atoms. The molecule has 0 aromatic heterocycles. The number of nitrogens with one attached hydrogen (secondary N) is 1. The van der Waals surface area contributed by atoms with E-state index in [-0.39, 0.29) is 5.91 Å². The van der Waals surface area contributed by atoms with Crippen LogP contribution in [-0.2, 0) is 11.2 Å². The lowest BCUT2D eigenvalue weighted by molar-refractivity contribution is -0.125. The summed E-state index contributed by atoms with van der Waals surface area (Å²) in [7, 11) is 1.85. The molecule has 1 N–H and O–H groups in total. The summed E-state index contributed by atoms with van der Waals surface area (Å²) in [5.41, 5.74) is 3.90. The fourth-order valence-electron chi connectivity index (χ4n) is 1.97. The summed E-state index contributed by atoms with van der Waals surface area (Å²) < 4.78 is 11.2. The van der Waals surface area contributed by atoms with Gasteiger partial charge in [-0.25, -0.2) is 5.01 Å². The van der Waals surface area contributed by atoms with Gasteiger partial charge < -0.3 is 9.47 Å². The second-order valence-electron chi connectivity index (χ2n) is 4.88. The molecular weight excluding hydrogens is 256 g/mol. The Morgan fingerprint density at radius 1 is 1.30 bits per heavy atom. The number of rotatable bonds is 5. The van der Waals surface area contributed by atoms with Gasteiger partial charge in [-0.1, -0.05) is 13.0 Å². The number of benzene rings is 1. The van der Waals surface area contributed by atoms with Crippen molar-refractivity contribution in [1.82, 2.24) is 10.4 Å². The zero-order chi connectivity index (χ0) is 14.4. The van der Waals surface area contributed by atoms with Gasteiger partial charge in [-0.05, 0) is 24.1 Å². The van der Waals surface area contributed by atoms with E-state index in [1.54, 1.807) is 5.01 Å². The molecule has 5 heteroatoms. The standard InChI is InChI=1S/C15H22N2O3/c1-3-17(2)16-15(18)8-6-12-5-7-13-14(11-12)20-10-4-9-19-13/h5,7,11H,3-4,6,8-10H2,1-2H3,(H,16,18). The highest BCUT2D eigenvalue weighted by Gasteiger charge is 2.11. The summed E-state index contributed by atoms with van der Waals surface area (Å²) in [6.45, 7) is 4.15. The van der Waals surface area contributed by atoms with Crippen LogP contribution < -0.4 is 14.9 Å². The molecule has 5 nitrogen and oxygen atoms in total. The molecule has 0 aliphatic carbocycles. The second-order valence-corrected chi connectivity index (χ2v) is 4.88. The number of hydrogen-bond acceptors (Lipinski definition) is 4. The van der Waals surface area contributed by atoms with Gasteiger partial charge in [0.05, 0.1) is 13.2 Å². The number of hydrogen-bond donors (Lipinski definition) is 1. The molecule has 0 bridgehead atoms. The number of carbonyl (C=O) groups is 1. The summed E-state index contributed by atoms with van der Waals surface area (Å²) in [6.07, 6.45) is 2.06. The van der Waals surface area contributed by atoms with Gasteiger partial charge in [0.25, 0.3) is 0 Å². The largest absolute Gasteiger partial charge is 0.490 e. The van der Waals surface area contributed by atoms with Crippen LogP contribution in [0.25, 0.3) is 0 Å². The molecule has 0 saturated heterocycles. The third kappa shape index (κ3) is 4.13. The first-order chi connectivity index (χ1) is 9.69. The first-order valence-electron chi connectivity index (χ1n) is 7.08. The maximum Gasteiger partial charge on any atom is 0.234 e. The quantitative estimate of drug-likeness (QED) is 0.834.